The van der Waals surface area contributed by atoms with Crippen LogP contribution < -0.4 is 10.6 Å². The van der Waals surface area contributed by atoms with E-state index in [2.05, 4.69) is 11.8 Å². The molecular formula is C14H20N2O3. The highest BCUT2D eigenvalue weighted by atomic mass is 16.5. The fraction of sp³-hybridized carbons (Fsp3) is 0.500. The van der Waals surface area contributed by atoms with Crippen molar-refractivity contribution in [2.75, 3.05) is 37.4 Å². The van der Waals surface area contributed by atoms with Gasteiger partial charge in [-0.1, -0.05) is 6.92 Å². The number of rotatable bonds is 3. The van der Waals surface area contributed by atoms with Crippen LogP contribution in [0.25, 0.3) is 0 Å². The third-order valence-electron chi connectivity index (χ3n) is 3.36. The lowest BCUT2D eigenvalue weighted by molar-refractivity contribution is 0.0381. The largest absolute Gasteiger partial charge is 0.465 e. The second-order valence-electron chi connectivity index (χ2n) is 4.62. The summed E-state index contributed by atoms with van der Waals surface area (Å²) in [4.78, 5) is 14.0. The molecule has 104 valence electrons. The van der Waals surface area contributed by atoms with Gasteiger partial charge < -0.3 is 20.1 Å². The number of carbonyl (C=O) groups is 1. The van der Waals surface area contributed by atoms with E-state index in [-0.39, 0.29) is 12.1 Å². The molecule has 0 amide bonds. The molecule has 1 atom stereocenters. The molecule has 0 aromatic heterocycles. The zero-order valence-corrected chi connectivity index (χ0v) is 11.4. The molecule has 1 aliphatic heterocycles. The van der Waals surface area contributed by atoms with Gasteiger partial charge in [-0.2, -0.15) is 0 Å². The van der Waals surface area contributed by atoms with Gasteiger partial charge in [0.15, 0.2) is 0 Å². The van der Waals surface area contributed by atoms with Gasteiger partial charge in [-0.3, -0.25) is 0 Å². The summed E-state index contributed by atoms with van der Waals surface area (Å²) in [6, 6.07) is 5.34. The molecule has 1 saturated heterocycles. The topological polar surface area (TPSA) is 64.8 Å². The minimum absolute atomic E-state index is 0.205. The summed E-state index contributed by atoms with van der Waals surface area (Å²) in [5.41, 5.74) is 7.69. The number of benzene rings is 1. The summed E-state index contributed by atoms with van der Waals surface area (Å²) in [5, 5.41) is 0. The van der Waals surface area contributed by atoms with E-state index in [4.69, 9.17) is 15.2 Å². The van der Waals surface area contributed by atoms with Crippen LogP contribution >= 0.6 is 0 Å². The van der Waals surface area contributed by atoms with Crippen LogP contribution in [0.2, 0.25) is 0 Å². The molecule has 0 spiro atoms. The van der Waals surface area contributed by atoms with Gasteiger partial charge in [0.1, 0.15) is 0 Å². The molecule has 19 heavy (non-hydrogen) atoms. The summed E-state index contributed by atoms with van der Waals surface area (Å²) >= 11 is 0. The first-order valence-corrected chi connectivity index (χ1v) is 6.50. The van der Waals surface area contributed by atoms with E-state index in [1.807, 2.05) is 6.07 Å². The molecule has 0 bridgehead atoms. The molecule has 0 radical (unpaired) electrons. The highest BCUT2D eigenvalue weighted by Gasteiger charge is 2.23. The number of hydrogen-bond donors (Lipinski definition) is 1. The van der Waals surface area contributed by atoms with E-state index in [0.717, 1.165) is 25.2 Å². The fourth-order valence-corrected chi connectivity index (χ4v) is 2.29. The first kappa shape index (κ1) is 13.7. The SMILES string of the molecule is CCC1CN(c2ccc(N)cc2C(=O)OC)CCO1. The standard InChI is InChI=1S/C14H20N2O3/c1-3-11-9-16(6-7-19-11)13-5-4-10(15)8-12(13)14(17)18-2/h4-5,8,11H,3,6-7,9,15H2,1-2H3. The van der Waals surface area contributed by atoms with Gasteiger partial charge in [-0.25, -0.2) is 4.79 Å². The van der Waals surface area contributed by atoms with E-state index in [0.29, 0.717) is 17.9 Å². The maximum absolute atomic E-state index is 11.8. The van der Waals surface area contributed by atoms with Crippen LogP contribution in [0.4, 0.5) is 11.4 Å². The van der Waals surface area contributed by atoms with E-state index >= 15 is 0 Å². The Hall–Kier alpha value is -1.75. The molecule has 1 heterocycles. The average Bonchev–Trinajstić information content (AvgIpc) is 2.46. The van der Waals surface area contributed by atoms with Crippen molar-refractivity contribution in [3.8, 4) is 0 Å². The molecule has 1 aromatic rings. The predicted molar refractivity (Wildman–Crippen MR) is 74.4 cm³/mol. The van der Waals surface area contributed by atoms with Crippen molar-refractivity contribution in [2.24, 2.45) is 0 Å². The van der Waals surface area contributed by atoms with Gasteiger partial charge in [-0.15, -0.1) is 0 Å². The molecule has 2 N–H and O–H groups in total. The van der Waals surface area contributed by atoms with Crippen molar-refractivity contribution in [2.45, 2.75) is 19.4 Å². The summed E-state index contributed by atoms with van der Waals surface area (Å²) in [6.45, 7) is 4.32. The Balaban J connectivity index is 2.30. The number of anilines is 2. The normalized spacial score (nSPS) is 19.3. The molecule has 5 nitrogen and oxygen atoms in total. The Kier molecular flexibility index (Phi) is 4.27. The van der Waals surface area contributed by atoms with Crippen LogP contribution in [-0.2, 0) is 9.47 Å². The molecule has 0 aliphatic carbocycles. The van der Waals surface area contributed by atoms with Gasteiger partial charge in [0.05, 0.1) is 31.1 Å². The summed E-state index contributed by atoms with van der Waals surface area (Å²) < 4.78 is 10.5. The lowest BCUT2D eigenvalue weighted by atomic mass is 10.1. The van der Waals surface area contributed by atoms with Crippen molar-refractivity contribution in [3.63, 3.8) is 0 Å². The second-order valence-corrected chi connectivity index (χ2v) is 4.62. The number of nitrogens with zero attached hydrogens (tertiary/aromatic N) is 1. The van der Waals surface area contributed by atoms with Gasteiger partial charge >= 0.3 is 5.97 Å². The third kappa shape index (κ3) is 2.98. The Morgan fingerprint density at radius 1 is 1.58 bits per heavy atom. The van der Waals surface area contributed by atoms with Gasteiger partial charge in [0.2, 0.25) is 0 Å². The number of methoxy groups -OCH3 is 1. The van der Waals surface area contributed by atoms with Crippen molar-refractivity contribution in [1.29, 1.82) is 0 Å². The Bertz CT molecular complexity index is 462. The number of morpholine rings is 1. The van der Waals surface area contributed by atoms with Crippen molar-refractivity contribution >= 4 is 17.3 Å². The van der Waals surface area contributed by atoms with Crippen LogP contribution in [0.5, 0.6) is 0 Å². The summed E-state index contributed by atoms with van der Waals surface area (Å²) in [6.07, 6.45) is 1.16. The lowest BCUT2D eigenvalue weighted by Gasteiger charge is -2.35. The molecule has 1 aliphatic rings. The van der Waals surface area contributed by atoms with Gasteiger partial charge in [-0.05, 0) is 24.6 Å². The number of nitrogen functional groups attached to an aromatic ring is 1. The molecule has 2 rings (SSSR count). The van der Waals surface area contributed by atoms with Crippen LogP contribution in [0.3, 0.4) is 0 Å². The van der Waals surface area contributed by atoms with Gasteiger partial charge in [0.25, 0.3) is 0 Å². The first-order chi connectivity index (χ1) is 9.15. The molecule has 5 heteroatoms. The van der Waals surface area contributed by atoms with E-state index in [9.17, 15) is 4.79 Å². The summed E-state index contributed by atoms with van der Waals surface area (Å²) in [7, 11) is 1.38. The zero-order valence-electron chi connectivity index (χ0n) is 11.4. The van der Waals surface area contributed by atoms with Crippen LogP contribution in [0.15, 0.2) is 18.2 Å². The summed E-state index contributed by atoms with van der Waals surface area (Å²) in [5.74, 6) is -0.359. The fourth-order valence-electron chi connectivity index (χ4n) is 2.29. The third-order valence-corrected chi connectivity index (χ3v) is 3.36. The smallest absolute Gasteiger partial charge is 0.340 e. The molecule has 1 fully saturated rings. The molecule has 1 aromatic carbocycles. The van der Waals surface area contributed by atoms with Crippen molar-refractivity contribution in [1.82, 2.24) is 0 Å². The predicted octanol–water partition coefficient (Wildman–Crippen LogP) is 1.67. The number of carbonyl (C=O) groups excluding carboxylic acids is 1. The highest BCUT2D eigenvalue weighted by molar-refractivity contribution is 5.97. The van der Waals surface area contributed by atoms with Crippen LogP contribution in [0, 0.1) is 0 Å². The van der Waals surface area contributed by atoms with E-state index < -0.39 is 0 Å². The molecular weight excluding hydrogens is 244 g/mol. The Morgan fingerprint density at radius 3 is 3.05 bits per heavy atom. The Morgan fingerprint density at radius 2 is 2.37 bits per heavy atom. The quantitative estimate of drug-likeness (QED) is 0.664. The minimum atomic E-state index is -0.359. The highest BCUT2D eigenvalue weighted by Crippen LogP contribution is 2.26. The Labute approximate surface area is 113 Å². The average molecular weight is 264 g/mol. The maximum atomic E-state index is 11.8. The number of esters is 1. The number of hydrogen-bond acceptors (Lipinski definition) is 5. The first-order valence-electron chi connectivity index (χ1n) is 6.50. The van der Waals surface area contributed by atoms with Crippen molar-refractivity contribution in [3.05, 3.63) is 23.8 Å². The second kappa shape index (κ2) is 5.93. The van der Waals surface area contributed by atoms with Crippen molar-refractivity contribution < 1.29 is 14.3 Å². The zero-order chi connectivity index (χ0) is 13.8. The number of nitrogens with two attached hydrogens (primary N) is 1. The number of ether oxygens (including phenoxy) is 2. The van der Waals surface area contributed by atoms with E-state index in [1.54, 1.807) is 12.1 Å². The maximum Gasteiger partial charge on any atom is 0.340 e. The van der Waals surface area contributed by atoms with E-state index in [1.165, 1.54) is 7.11 Å². The molecule has 1 unspecified atom stereocenters. The van der Waals surface area contributed by atoms with Crippen LogP contribution in [-0.4, -0.2) is 38.9 Å². The van der Waals surface area contributed by atoms with Gasteiger partial charge in [0, 0.05) is 18.8 Å². The molecule has 0 saturated carbocycles. The minimum Gasteiger partial charge on any atom is -0.465 e. The van der Waals surface area contributed by atoms with Crippen LogP contribution in [0.1, 0.15) is 23.7 Å². The monoisotopic (exact) mass is 264 g/mol. The lowest BCUT2D eigenvalue weighted by Crippen LogP contribution is -2.42.